The van der Waals surface area contributed by atoms with Crippen LogP contribution in [0.25, 0.3) is 0 Å². The Morgan fingerprint density at radius 2 is 1.28 bits per heavy atom. The molecule has 0 atom stereocenters. The Hall–Kier alpha value is -0.980. The Balaban J connectivity index is 1.46. The van der Waals surface area contributed by atoms with Crippen LogP contribution in [-0.2, 0) is 0 Å². The molecule has 1 aromatic rings. The highest BCUT2D eigenvalue weighted by Crippen LogP contribution is 2.33. The third kappa shape index (κ3) is 8.79. The van der Waals surface area contributed by atoms with Gasteiger partial charge in [0.15, 0.2) is 0 Å². The minimum Gasteiger partial charge on any atom is -0.494 e. The fourth-order valence-corrected chi connectivity index (χ4v) is 4.05. The van der Waals surface area contributed by atoms with Crippen LogP contribution in [0.2, 0.25) is 0 Å². The minimum atomic E-state index is 0.796. The van der Waals surface area contributed by atoms with E-state index in [9.17, 15) is 0 Å². The van der Waals surface area contributed by atoms with Gasteiger partial charge in [0.05, 0.1) is 6.61 Å². The summed E-state index contributed by atoms with van der Waals surface area (Å²) in [6.45, 7) is 3.16. The molecule has 0 spiro atoms. The molecule has 0 bridgehead atoms. The van der Waals surface area contributed by atoms with Crippen LogP contribution in [-0.4, -0.2) is 6.61 Å². The van der Waals surface area contributed by atoms with Gasteiger partial charge in [-0.2, -0.15) is 0 Å². The molecule has 0 N–H and O–H groups in total. The number of rotatable bonds is 13. The Morgan fingerprint density at radius 1 is 0.720 bits per heavy atom. The Labute approximate surface area is 156 Å². The molecule has 1 aliphatic rings. The number of unbranched alkanes of at least 4 members (excludes halogenated alkanes) is 9. The predicted molar refractivity (Wildman–Crippen MR) is 110 cm³/mol. The molecule has 25 heavy (non-hydrogen) atoms. The number of hydrogen-bond acceptors (Lipinski definition) is 1. The van der Waals surface area contributed by atoms with E-state index in [0.29, 0.717) is 0 Å². The second kappa shape index (κ2) is 13.3. The summed E-state index contributed by atoms with van der Waals surface area (Å²) in [6, 6.07) is 8.95. The van der Waals surface area contributed by atoms with E-state index in [1.807, 2.05) is 0 Å². The van der Waals surface area contributed by atoms with E-state index in [2.05, 4.69) is 31.2 Å². The van der Waals surface area contributed by atoms with Gasteiger partial charge >= 0.3 is 0 Å². The fraction of sp³-hybridized carbons (Fsp3) is 0.750. The largest absolute Gasteiger partial charge is 0.494 e. The molecule has 0 heterocycles. The number of ether oxygens (including phenoxy) is 1. The lowest BCUT2D eigenvalue weighted by Gasteiger charge is -2.22. The molecule has 2 rings (SSSR count). The van der Waals surface area contributed by atoms with Gasteiger partial charge in [0.1, 0.15) is 5.75 Å². The van der Waals surface area contributed by atoms with Gasteiger partial charge in [-0.1, -0.05) is 96.1 Å². The highest BCUT2D eigenvalue weighted by Gasteiger charge is 2.15. The first-order valence-electron chi connectivity index (χ1n) is 11.1. The quantitative estimate of drug-likeness (QED) is 0.329. The zero-order valence-electron chi connectivity index (χ0n) is 16.6. The van der Waals surface area contributed by atoms with Crippen LogP contribution < -0.4 is 4.74 Å². The van der Waals surface area contributed by atoms with Crippen molar-refractivity contribution in [3.8, 4) is 5.75 Å². The van der Waals surface area contributed by atoms with Gasteiger partial charge in [-0.3, -0.25) is 0 Å². The van der Waals surface area contributed by atoms with Crippen LogP contribution >= 0.6 is 0 Å². The van der Waals surface area contributed by atoms with Crippen molar-refractivity contribution in [2.24, 2.45) is 0 Å². The second-order valence-electron chi connectivity index (χ2n) is 7.93. The average molecular weight is 345 g/mol. The van der Waals surface area contributed by atoms with Gasteiger partial charge < -0.3 is 4.74 Å². The van der Waals surface area contributed by atoms with Crippen LogP contribution in [0.3, 0.4) is 0 Å². The molecule has 1 fully saturated rings. The summed E-state index contributed by atoms with van der Waals surface area (Å²) in [6.07, 6.45) is 20.8. The van der Waals surface area contributed by atoms with Crippen molar-refractivity contribution in [2.45, 2.75) is 109 Å². The summed E-state index contributed by atoms with van der Waals surface area (Å²) in [7, 11) is 0. The Kier molecular flexibility index (Phi) is 10.8. The third-order valence-corrected chi connectivity index (χ3v) is 5.72. The average Bonchev–Trinajstić information content (AvgIpc) is 2.67. The first kappa shape index (κ1) is 20.3. The van der Waals surface area contributed by atoms with E-state index in [-0.39, 0.29) is 0 Å². The van der Waals surface area contributed by atoms with Crippen molar-refractivity contribution in [3.05, 3.63) is 29.8 Å². The standard InChI is InChI=1S/C24H40O/c1-2-3-4-5-6-7-8-9-10-14-21-25-24-19-17-23(18-20-24)22-15-12-11-13-16-22/h17-20,22H,2-16,21H2,1H3. The highest BCUT2D eigenvalue weighted by atomic mass is 16.5. The van der Waals surface area contributed by atoms with Crippen molar-refractivity contribution in [1.29, 1.82) is 0 Å². The molecule has 0 amide bonds. The van der Waals surface area contributed by atoms with Crippen molar-refractivity contribution >= 4 is 0 Å². The molecular formula is C24H40O. The predicted octanol–water partition coefficient (Wildman–Crippen LogP) is 8.03. The lowest BCUT2D eigenvalue weighted by Crippen LogP contribution is -2.04. The number of hydrogen-bond donors (Lipinski definition) is 0. The van der Waals surface area contributed by atoms with E-state index in [0.717, 1.165) is 18.3 Å². The Morgan fingerprint density at radius 3 is 1.88 bits per heavy atom. The lowest BCUT2D eigenvalue weighted by molar-refractivity contribution is 0.304. The van der Waals surface area contributed by atoms with Crippen molar-refractivity contribution in [3.63, 3.8) is 0 Å². The highest BCUT2D eigenvalue weighted by molar-refractivity contribution is 5.29. The SMILES string of the molecule is CCCCCCCCCCCCOc1ccc(C2CCCCC2)cc1. The molecule has 0 aromatic heterocycles. The van der Waals surface area contributed by atoms with Gasteiger partial charge in [-0.05, 0) is 42.9 Å². The maximum atomic E-state index is 5.92. The summed E-state index contributed by atoms with van der Waals surface area (Å²) >= 11 is 0. The van der Waals surface area contributed by atoms with Crippen LogP contribution in [0, 0.1) is 0 Å². The Bertz CT molecular complexity index is 416. The maximum absolute atomic E-state index is 5.92. The van der Waals surface area contributed by atoms with Gasteiger partial charge in [0.2, 0.25) is 0 Å². The van der Waals surface area contributed by atoms with E-state index >= 15 is 0 Å². The van der Waals surface area contributed by atoms with Crippen LogP contribution in [0.1, 0.15) is 115 Å². The first-order valence-corrected chi connectivity index (χ1v) is 11.1. The smallest absolute Gasteiger partial charge is 0.119 e. The summed E-state index contributed by atoms with van der Waals surface area (Å²) in [5, 5.41) is 0. The number of benzene rings is 1. The molecule has 1 saturated carbocycles. The second-order valence-corrected chi connectivity index (χ2v) is 7.93. The molecule has 1 aliphatic carbocycles. The summed E-state index contributed by atoms with van der Waals surface area (Å²) in [4.78, 5) is 0. The zero-order valence-corrected chi connectivity index (χ0v) is 16.6. The molecule has 1 nitrogen and oxygen atoms in total. The van der Waals surface area contributed by atoms with Crippen LogP contribution in [0.5, 0.6) is 5.75 Å². The molecule has 142 valence electrons. The topological polar surface area (TPSA) is 9.23 Å². The molecule has 0 aliphatic heterocycles. The zero-order chi connectivity index (χ0) is 17.6. The van der Waals surface area contributed by atoms with Crippen molar-refractivity contribution in [1.82, 2.24) is 0 Å². The monoisotopic (exact) mass is 344 g/mol. The molecule has 1 aromatic carbocycles. The normalized spacial score (nSPS) is 15.4. The molecule has 0 unspecified atom stereocenters. The van der Waals surface area contributed by atoms with E-state index in [1.54, 1.807) is 0 Å². The first-order chi connectivity index (χ1) is 12.4. The van der Waals surface area contributed by atoms with Gasteiger partial charge in [0.25, 0.3) is 0 Å². The lowest BCUT2D eigenvalue weighted by atomic mass is 9.84. The maximum Gasteiger partial charge on any atom is 0.119 e. The van der Waals surface area contributed by atoms with Gasteiger partial charge in [0, 0.05) is 0 Å². The summed E-state index contributed by atoms with van der Waals surface area (Å²) in [5.41, 5.74) is 1.52. The van der Waals surface area contributed by atoms with Crippen molar-refractivity contribution in [2.75, 3.05) is 6.61 Å². The molecule has 0 radical (unpaired) electrons. The van der Waals surface area contributed by atoms with Crippen LogP contribution in [0.15, 0.2) is 24.3 Å². The summed E-state index contributed by atoms with van der Waals surface area (Å²) < 4.78 is 5.92. The van der Waals surface area contributed by atoms with Gasteiger partial charge in [-0.15, -0.1) is 0 Å². The molecular weight excluding hydrogens is 304 g/mol. The van der Waals surface area contributed by atoms with Gasteiger partial charge in [-0.25, -0.2) is 0 Å². The van der Waals surface area contributed by atoms with Crippen LogP contribution in [0.4, 0.5) is 0 Å². The molecule has 0 saturated heterocycles. The fourth-order valence-electron chi connectivity index (χ4n) is 4.05. The van der Waals surface area contributed by atoms with E-state index < -0.39 is 0 Å². The minimum absolute atomic E-state index is 0.796. The summed E-state index contributed by atoms with van der Waals surface area (Å²) in [5.74, 6) is 1.85. The third-order valence-electron chi connectivity index (χ3n) is 5.72. The van der Waals surface area contributed by atoms with E-state index in [1.165, 1.54) is 102 Å². The van der Waals surface area contributed by atoms with E-state index in [4.69, 9.17) is 4.74 Å². The molecule has 1 heteroatoms. The van der Waals surface area contributed by atoms with Crippen molar-refractivity contribution < 1.29 is 4.74 Å².